The second-order valence-electron chi connectivity index (χ2n) is 7.11. The predicted octanol–water partition coefficient (Wildman–Crippen LogP) is 4.76. The van der Waals surface area contributed by atoms with E-state index in [0.29, 0.717) is 18.6 Å². The summed E-state index contributed by atoms with van der Waals surface area (Å²) in [5.41, 5.74) is 2.86. The summed E-state index contributed by atoms with van der Waals surface area (Å²) in [6, 6.07) is 0. The molecule has 0 fully saturated rings. The van der Waals surface area contributed by atoms with E-state index in [9.17, 15) is 4.79 Å². The number of allylic oxidation sites excluding steroid dienone is 2. The highest BCUT2D eigenvalue weighted by Gasteiger charge is 2.19. The maximum Gasteiger partial charge on any atom is 0.137 e. The van der Waals surface area contributed by atoms with Crippen molar-refractivity contribution in [3.05, 3.63) is 11.1 Å². The van der Waals surface area contributed by atoms with Gasteiger partial charge in [0.2, 0.25) is 0 Å². The highest BCUT2D eigenvalue weighted by Crippen LogP contribution is 2.29. The lowest BCUT2D eigenvalue weighted by molar-refractivity contribution is -0.120. The lowest BCUT2D eigenvalue weighted by Crippen LogP contribution is -2.15. The van der Waals surface area contributed by atoms with Crippen LogP contribution in [0.2, 0.25) is 0 Å². The molecule has 0 radical (unpaired) electrons. The topological polar surface area (TPSA) is 17.1 Å². The molecule has 0 aromatic carbocycles. The Labute approximate surface area is 101 Å². The van der Waals surface area contributed by atoms with Gasteiger partial charge in [0, 0.05) is 12.8 Å². The monoisotopic (exact) mass is 224 g/mol. The predicted molar refractivity (Wildman–Crippen MR) is 71.5 cm³/mol. The molecule has 94 valence electrons. The van der Waals surface area contributed by atoms with E-state index < -0.39 is 0 Å². The molecule has 16 heavy (non-hydrogen) atoms. The van der Waals surface area contributed by atoms with Crippen LogP contribution in [0.3, 0.4) is 0 Å². The molecule has 0 aromatic rings. The van der Waals surface area contributed by atoms with Crippen LogP contribution in [-0.2, 0) is 4.79 Å². The molecule has 0 aromatic heterocycles. The summed E-state index contributed by atoms with van der Waals surface area (Å²) < 4.78 is 0. The van der Waals surface area contributed by atoms with Gasteiger partial charge >= 0.3 is 0 Å². The standard InChI is InChI=1S/C15H28O/c1-11(12(2)15(6,7)8)9-13(16)10-14(3,4)5/h9-10H2,1-8H3. The fourth-order valence-electron chi connectivity index (χ4n) is 1.72. The zero-order chi connectivity index (χ0) is 13.1. The Balaban J connectivity index is 4.58. The van der Waals surface area contributed by atoms with Crippen molar-refractivity contribution in [3.8, 4) is 0 Å². The molecule has 0 aliphatic carbocycles. The molecule has 0 N–H and O–H groups in total. The summed E-state index contributed by atoms with van der Waals surface area (Å²) in [6.07, 6.45) is 1.28. The van der Waals surface area contributed by atoms with Crippen LogP contribution in [-0.4, -0.2) is 5.78 Å². The largest absolute Gasteiger partial charge is 0.299 e. The fraction of sp³-hybridized carbons (Fsp3) is 0.800. The van der Waals surface area contributed by atoms with E-state index in [1.54, 1.807) is 0 Å². The Hall–Kier alpha value is -0.590. The SMILES string of the molecule is CC(CC(=O)CC(C)(C)C)=C(C)C(C)(C)C. The van der Waals surface area contributed by atoms with Crippen LogP contribution in [0.1, 0.15) is 68.2 Å². The minimum atomic E-state index is 0.104. The average molecular weight is 224 g/mol. The van der Waals surface area contributed by atoms with Crippen molar-refractivity contribution in [1.29, 1.82) is 0 Å². The third-order valence-corrected chi connectivity index (χ3v) is 2.95. The molecule has 1 heteroatoms. The fourth-order valence-corrected chi connectivity index (χ4v) is 1.72. The van der Waals surface area contributed by atoms with E-state index in [1.165, 1.54) is 11.1 Å². The maximum absolute atomic E-state index is 11.9. The Morgan fingerprint density at radius 1 is 0.938 bits per heavy atom. The molecule has 0 rings (SSSR count). The van der Waals surface area contributed by atoms with Crippen molar-refractivity contribution in [2.45, 2.75) is 68.2 Å². The van der Waals surface area contributed by atoms with Gasteiger partial charge in [-0.2, -0.15) is 0 Å². The van der Waals surface area contributed by atoms with E-state index in [0.717, 1.165) is 0 Å². The zero-order valence-electron chi connectivity index (χ0n) is 12.3. The maximum atomic E-state index is 11.9. The molecule has 0 atom stereocenters. The first-order chi connectivity index (χ1) is 6.93. The first-order valence-corrected chi connectivity index (χ1v) is 6.12. The van der Waals surface area contributed by atoms with E-state index >= 15 is 0 Å². The molecule has 0 saturated heterocycles. The quantitative estimate of drug-likeness (QED) is 0.631. The molecule has 0 saturated carbocycles. The van der Waals surface area contributed by atoms with Gasteiger partial charge in [0.15, 0.2) is 0 Å². The van der Waals surface area contributed by atoms with Crippen LogP contribution in [0.4, 0.5) is 0 Å². The minimum absolute atomic E-state index is 0.104. The second-order valence-corrected chi connectivity index (χ2v) is 7.11. The van der Waals surface area contributed by atoms with Gasteiger partial charge in [-0.25, -0.2) is 0 Å². The number of ketones is 1. The summed E-state index contributed by atoms with van der Waals surface area (Å²) in [6.45, 7) is 17.1. The summed E-state index contributed by atoms with van der Waals surface area (Å²) in [7, 11) is 0. The van der Waals surface area contributed by atoms with Crippen molar-refractivity contribution in [1.82, 2.24) is 0 Å². The van der Waals surface area contributed by atoms with Crippen LogP contribution < -0.4 is 0 Å². The Morgan fingerprint density at radius 2 is 1.38 bits per heavy atom. The van der Waals surface area contributed by atoms with Gasteiger partial charge in [-0.15, -0.1) is 0 Å². The van der Waals surface area contributed by atoms with Crippen LogP contribution in [0, 0.1) is 10.8 Å². The van der Waals surface area contributed by atoms with E-state index in [-0.39, 0.29) is 10.8 Å². The Morgan fingerprint density at radius 3 is 1.69 bits per heavy atom. The molecule has 0 aliphatic rings. The van der Waals surface area contributed by atoms with Crippen molar-refractivity contribution in [2.75, 3.05) is 0 Å². The molecule has 1 nitrogen and oxygen atoms in total. The number of Topliss-reactive ketones (excluding diaryl/α,β-unsaturated/α-hetero) is 1. The highest BCUT2D eigenvalue weighted by atomic mass is 16.1. The average Bonchev–Trinajstić information content (AvgIpc) is 1.96. The Kier molecular flexibility index (Phi) is 4.97. The lowest BCUT2D eigenvalue weighted by atomic mass is 9.82. The van der Waals surface area contributed by atoms with Gasteiger partial charge in [0.1, 0.15) is 5.78 Å². The molecule has 0 amide bonds. The normalized spacial score (nSPS) is 14.8. The minimum Gasteiger partial charge on any atom is -0.299 e. The van der Waals surface area contributed by atoms with Gasteiger partial charge < -0.3 is 0 Å². The smallest absolute Gasteiger partial charge is 0.137 e. The molecular formula is C15H28O. The summed E-state index contributed by atoms with van der Waals surface area (Å²) in [5, 5.41) is 0. The number of rotatable bonds is 3. The molecule has 0 aliphatic heterocycles. The summed E-state index contributed by atoms with van der Waals surface area (Å²) >= 11 is 0. The lowest BCUT2D eigenvalue weighted by Gasteiger charge is -2.23. The number of hydrogen-bond donors (Lipinski definition) is 0. The van der Waals surface area contributed by atoms with E-state index in [2.05, 4.69) is 55.4 Å². The highest BCUT2D eigenvalue weighted by molar-refractivity contribution is 5.81. The summed E-state index contributed by atoms with van der Waals surface area (Å²) in [4.78, 5) is 11.9. The number of carbonyl (C=O) groups is 1. The third-order valence-electron chi connectivity index (χ3n) is 2.95. The van der Waals surface area contributed by atoms with E-state index in [4.69, 9.17) is 0 Å². The van der Waals surface area contributed by atoms with Crippen LogP contribution in [0.15, 0.2) is 11.1 Å². The molecule has 0 bridgehead atoms. The van der Waals surface area contributed by atoms with Crippen molar-refractivity contribution < 1.29 is 4.79 Å². The van der Waals surface area contributed by atoms with Crippen molar-refractivity contribution >= 4 is 5.78 Å². The second kappa shape index (κ2) is 5.16. The van der Waals surface area contributed by atoms with Crippen LogP contribution >= 0.6 is 0 Å². The first-order valence-electron chi connectivity index (χ1n) is 6.12. The molecule has 0 heterocycles. The van der Waals surface area contributed by atoms with Crippen LogP contribution in [0.5, 0.6) is 0 Å². The van der Waals surface area contributed by atoms with Crippen LogP contribution in [0.25, 0.3) is 0 Å². The zero-order valence-corrected chi connectivity index (χ0v) is 12.3. The molecule has 0 unspecified atom stereocenters. The van der Waals surface area contributed by atoms with Gasteiger partial charge in [-0.05, 0) is 24.7 Å². The summed E-state index contributed by atoms with van der Waals surface area (Å²) in [5.74, 6) is 0.355. The number of carbonyl (C=O) groups excluding carboxylic acids is 1. The Bertz CT molecular complexity index is 282. The first kappa shape index (κ1) is 15.4. The molecular weight excluding hydrogens is 196 g/mol. The van der Waals surface area contributed by atoms with Crippen molar-refractivity contribution in [3.63, 3.8) is 0 Å². The van der Waals surface area contributed by atoms with Gasteiger partial charge in [-0.3, -0.25) is 4.79 Å². The third kappa shape index (κ3) is 6.09. The van der Waals surface area contributed by atoms with Gasteiger partial charge in [-0.1, -0.05) is 52.7 Å². The number of hydrogen-bond acceptors (Lipinski definition) is 1. The van der Waals surface area contributed by atoms with E-state index in [1.807, 2.05) is 0 Å². The van der Waals surface area contributed by atoms with Gasteiger partial charge in [0.05, 0.1) is 0 Å². The molecule has 0 spiro atoms. The van der Waals surface area contributed by atoms with Gasteiger partial charge in [0.25, 0.3) is 0 Å². The van der Waals surface area contributed by atoms with Crippen molar-refractivity contribution in [2.24, 2.45) is 10.8 Å².